The van der Waals surface area contributed by atoms with Gasteiger partial charge in [0.25, 0.3) is 0 Å². The Labute approximate surface area is 89.6 Å². The van der Waals surface area contributed by atoms with E-state index in [0.717, 1.165) is 18.9 Å². The molecule has 3 nitrogen and oxygen atoms in total. The second-order valence-electron chi connectivity index (χ2n) is 3.58. The van der Waals surface area contributed by atoms with Crippen molar-refractivity contribution in [3.8, 4) is 0 Å². The third kappa shape index (κ3) is 1.75. The van der Waals surface area contributed by atoms with E-state index < -0.39 is 0 Å². The standard InChI is InChI=1S/C10H15N3S/c1-2-11-10(14)13-12-9-6-7-4-3-5-8(7)9/h3,5,7,12H,2,4,6H2,1H3,(H2,11,13,14)/t7-/m1/s1. The molecule has 0 aliphatic heterocycles. The molecule has 14 heavy (non-hydrogen) atoms. The van der Waals surface area contributed by atoms with Crippen molar-refractivity contribution in [2.75, 3.05) is 6.54 Å². The predicted octanol–water partition coefficient (Wildman–Crippen LogP) is 1.21. The van der Waals surface area contributed by atoms with Gasteiger partial charge in [0.1, 0.15) is 0 Å². The second-order valence-corrected chi connectivity index (χ2v) is 3.99. The van der Waals surface area contributed by atoms with E-state index >= 15 is 0 Å². The molecule has 0 heterocycles. The van der Waals surface area contributed by atoms with Crippen LogP contribution in [0.2, 0.25) is 0 Å². The number of thiocarbonyl (C=S) groups is 1. The highest BCUT2D eigenvalue weighted by Crippen LogP contribution is 2.40. The lowest BCUT2D eigenvalue weighted by atomic mass is 9.84. The van der Waals surface area contributed by atoms with Gasteiger partial charge in [-0.3, -0.25) is 5.43 Å². The van der Waals surface area contributed by atoms with Gasteiger partial charge in [0.15, 0.2) is 5.11 Å². The summed E-state index contributed by atoms with van der Waals surface area (Å²) in [4.78, 5) is 0. The number of rotatable bonds is 3. The average molecular weight is 209 g/mol. The van der Waals surface area contributed by atoms with Gasteiger partial charge in [0.2, 0.25) is 0 Å². The van der Waals surface area contributed by atoms with Crippen LogP contribution < -0.4 is 16.2 Å². The van der Waals surface area contributed by atoms with Crippen molar-refractivity contribution < 1.29 is 0 Å². The van der Waals surface area contributed by atoms with Gasteiger partial charge < -0.3 is 10.7 Å². The summed E-state index contributed by atoms with van der Waals surface area (Å²) in [5.74, 6) is 0.770. The molecular weight excluding hydrogens is 194 g/mol. The lowest BCUT2D eigenvalue weighted by Crippen LogP contribution is -2.45. The van der Waals surface area contributed by atoms with E-state index in [4.69, 9.17) is 12.2 Å². The van der Waals surface area contributed by atoms with E-state index in [1.165, 1.54) is 17.7 Å². The van der Waals surface area contributed by atoms with Gasteiger partial charge in [-0.15, -0.1) is 0 Å². The zero-order valence-electron chi connectivity index (χ0n) is 8.26. The minimum absolute atomic E-state index is 0.658. The molecule has 2 aliphatic rings. The van der Waals surface area contributed by atoms with Crippen LogP contribution in [0.25, 0.3) is 0 Å². The van der Waals surface area contributed by atoms with Crippen molar-refractivity contribution in [3.05, 3.63) is 23.4 Å². The van der Waals surface area contributed by atoms with Gasteiger partial charge in [-0.1, -0.05) is 12.2 Å². The molecule has 0 saturated carbocycles. The van der Waals surface area contributed by atoms with Crippen LogP contribution in [0.3, 0.4) is 0 Å². The monoisotopic (exact) mass is 209 g/mol. The Morgan fingerprint density at radius 3 is 3.21 bits per heavy atom. The highest BCUT2D eigenvalue weighted by Gasteiger charge is 2.29. The zero-order chi connectivity index (χ0) is 9.97. The molecule has 0 aromatic rings. The molecule has 76 valence electrons. The van der Waals surface area contributed by atoms with Gasteiger partial charge in [-0.25, -0.2) is 0 Å². The summed E-state index contributed by atoms with van der Waals surface area (Å²) in [7, 11) is 0. The highest BCUT2D eigenvalue weighted by molar-refractivity contribution is 7.80. The summed E-state index contributed by atoms with van der Waals surface area (Å²) in [5.41, 5.74) is 8.85. The fourth-order valence-corrected chi connectivity index (χ4v) is 2.05. The smallest absolute Gasteiger partial charge is 0.185 e. The third-order valence-electron chi connectivity index (χ3n) is 2.62. The predicted molar refractivity (Wildman–Crippen MR) is 61.4 cm³/mol. The van der Waals surface area contributed by atoms with Gasteiger partial charge in [-0.2, -0.15) is 0 Å². The van der Waals surface area contributed by atoms with E-state index in [0.29, 0.717) is 5.11 Å². The minimum Gasteiger partial charge on any atom is -0.362 e. The van der Waals surface area contributed by atoms with Crippen LogP contribution >= 0.6 is 12.2 Å². The number of nitrogens with one attached hydrogen (secondary N) is 3. The number of allylic oxidation sites excluding steroid dienone is 4. The molecule has 1 atom stereocenters. The fourth-order valence-electron chi connectivity index (χ4n) is 1.86. The lowest BCUT2D eigenvalue weighted by molar-refractivity contribution is 0.515. The summed E-state index contributed by atoms with van der Waals surface area (Å²) in [6, 6.07) is 0. The van der Waals surface area contributed by atoms with Crippen LogP contribution in [-0.4, -0.2) is 11.7 Å². The molecule has 0 radical (unpaired) electrons. The SMILES string of the molecule is CCNC(=S)NNC1=C2C=CC[C@@H]2C1. The Kier molecular flexibility index (Phi) is 2.72. The van der Waals surface area contributed by atoms with Gasteiger partial charge in [0.05, 0.1) is 0 Å². The van der Waals surface area contributed by atoms with Crippen LogP contribution in [0.5, 0.6) is 0 Å². The number of hydrazine groups is 1. The number of fused-ring (bicyclic) bond motifs is 1. The van der Waals surface area contributed by atoms with Crippen molar-refractivity contribution in [1.29, 1.82) is 0 Å². The van der Waals surface area contributed by atoms with Crippen LogP contribution in [-0.2, 0) is 0 Å². The summed E-state index contributed by atoms with van der Waals surface area (Å²) in [5, 5.41) is 3.68. The maximum atomic E-state index is 5.04. The van der Waals surface area contributed by atoms with E-state index in [-0.39, 0.29) is 0 Å². The molecule has 3 N–H and O–H groups in total. The normalized spacial score (nSPS) is 22.8. The first-order valence-corrected chi connectivity index (χ1v) is 5.41. The first kappa shape index (κ1) is 9.52. The Hall–Kier alpha value is -1.03. The van der Waals surface area contributed by atoms with Crippen molar-refractivity contribution in [3.63, 3.8) is 0 Å². The van der Waals surface area contributed by atoms with Crippen molar-refractivity contribution in [2.45, 2.75) is 19.8 Å². The molecule has 0 aromatic heterocycles. The molecule has 2 aliphatic carbocycles. The molecule has 0 amide bonds. The lowest BCUT2D eigenvalue weighted by Gasteiger charge is -2.29. The largest absolute Gasteiger partial charge is 0.362 e. The first-order valence-electron chi connectivity index (χ1n) is 5.00. The van der Waals surface area contributed by atoms with Crippen molar-refractivity contribution >= 4 is 17.3 Å². The molecule has 0 unspecified atom stereocenters. The van der Waals surface area contributed by atoms with E-state index in [9.17, 15) is 0 Å². The Balaban J connectivity index is 1.80. The third-order valence-corrected chi connectivity index (χ3v) is 2.87. The maximum Gasteiger partial charge on any atom is 0.185 e. The molecule has 0 saturated heterocycles. The summed E-state index contributed by atoms with van der Waals surface area (Å²) < 4.78 is 0. The van der Waals surface area contributed by atoms with Crippen LogP contribution in [0.15, 0.2) is 23.4 Å². The molecule has 0 aromatic carbocycles. The molecule has 2 rings (SSSR count). The van der Waals surface area contributed by atoms with Gasteiger partial charge in [0, 0.05) is 12.2 Å². The summed E-state index contributed by atoms with van der Waals surface area (Å²) >= 11 is 5.04. The minimum atomic E-state index is 0.658. The zero-order valence-corrected chi connectivity index (χ0v) is 9.08. The molecule has 0 fully saturated rings. The highest BCUT2D eigenvalue weighted by atomic mass is 32.1. The number of hydrogen-bond acceptors (Lipinski definition) is 2. The van der Waals surface area contributed by atoms with Crippen LogP contribution in [0, 0.1) is 5.92 Å². The van der Waals surface area contributed by atoms with Crippen molar-refractivity contribution in [2.24, 2.45) is 5.92 Å². The fraction of sp³-hybridized carbons (Fsp3) is 0.500. The van der Waals surface area contributed by atoms with Gasteiger partial charge in [-0.05, 0) is 43.5 Å². The van der Waals surface area contributed by atoms with Gasteiger partial charge >= 0.3 is 0 Å². The maximum absolute atomic E-state index is 5.04. The molecule has 0 spiro atoms. The van der Waals surface area contributed by atoms with E-state index in [1.807, 2.05) is 6.92 Å². The second kappa shape index (κ2) is 4.00. The van der Waals surface area contributed by atoms with E-state index in [2.05, 4.69) is 28.3 Å². The Bertz CT molecular complexity index is 306. The summed E-state index contributed by atoms with van der Waals surface area (Å²) in [6.07, 6.45) is 6.79. The molecule has 4 heteroatoms. The Morgan fingerprint density at radius 2 is 2.50 bits per heavy atom. The van der Waals surface area contributed by atoms with E-state index in [1.54, 1.807) is 0 Å². The van der Waals surface area contributed by atoms with Crippen LogP contribution in [0.4, 0.5) is 0 Å². The quantitative estimate of drug-likeness (QED) is 0.482. The molecular formula is C10H15N3S. The average Bonchev–Trinajstić information content (AvgIpc) is 2.48. The molecule has 0 bridgehead atoms. The number of hydrogen-bond donors (Lipinski definition) is 3. The summed E-state index contributed by atoms with van der Waals surface area (Å²) in [6.45, 7) is 2.87. The topological polar surface area (TPSA) is 36.1 Å². The Morgan fingerprint density at radius 1 is 1.64 bits per heavy atom. The van der Waals surface area contributed by atoms with Crippen molar-refractivity contribution in [1.82, 2.24) is 16.2 Å². The van der Waals surface area contributed by atoms with Crippen LogP contribution in [0.1, 0.15) is 19.8 Å². The first-order chi connectivity index (χ1) is 6.81.